The summed E-state index contributed by atoms with van der Waals surface area (Å²) in [5.41, 5.74) is 0.269. The molecule has 3 aliphatic rings. The van der Waals surface area contributed by atoms with Gasteiger partial charge in [0.1, 0.15) is 6.10 Å². The molecular weight excluding hydrogens is 244 g/mol. The number of carbonyl (C=O) groups is 1. The molecule has 19 heavy (non-hydrogen) atoms. The van der Waals surface area contributed by atoms with Gasteiger partial charge in [-0.1, -0.05) is 18.6 Å². The highest BCUT2D eigenvalue weighted by molar-refractivity contribution is 5.75. The molecule has 0 bridgehead atoms. The maximum atomic E-state index is 11.8. The van der Waals surface area contributed by atoms with Crippen molar-refractivity contribution in [1.82, 2.24) is 0 Å². The molecule has 1 aliphatic heterocycles. The fourth-order valence-electron chi connectivity index (χ4n) is 4.38. The number of fused-ring (bicyclic) bond motifs is 3. The molecule has 2 fully saturated rings. The molecule has 0 aromatic heterocycles. The summed E-state index contributed by atoms with van der Waals surface area (Å²) in [7, 11) is 0. The van der Waals surface area contributed by atoms with Crippen LogP contribution in [0.25, 0.3) is 0 Å². The van der Waals surface area contributed by atoms with Crippen LogP contribution in [-0.2, 0) is 9.53 Å². The van der Waals surface area contributed by atoms with E-state index in [0.29, 0.717) is 6.42 Å². The molecule has 4 heteroatoms. The van der Waals surface area contributed by atoms with Gasteiger partial charge in [-0.15, -0.1) is 0 Å². The Balaban J connectivity index is 2.04. The number of aliphatic hydroxyl groups excluding tert-OH is 1. The number of aliphatic hydroxyl groups is 2. The standard InChI is InChI=1S/C15H22O4/c1-7-4-5-9-11(7)13-12(8(2)14(17)19-13)10(16)6-15(9,3)18/h4,8-13,16,18H,5-6H2,1-3H3/t8-,9+,10-,11-,12+,13-,15+/m0/s1. The fourth-order valence-corrected chi connectivity index (χ4v) is 4.38. The SMILES string of the molecule is CC1=CC[C@@H]2[C@H]1[C@@H]1OC(=O)[C@@H](C)[C@@H]1[C@@H](O)C[C@@]2(C)O. The molecule has 0 spiro atoms. The van der Waals surface area contributed by atoms with Crippen LogP contribution in [0.1, 0.15) is 33.6 Å². The third kappa shape index (κ3) is 1.77. The van der Waals surface area contributed by atoms with Gasteiger partial charge >= 0.3 is 5.97 Å². The molecule has 7 atom stereocenters. The molecule has 1 saturated heterocycles. The van der Waals surface area contributed by atoms with Crippen molar-refractivity contribution < 1.29 is 19.7 Å². The van der Waals surface area contributed by atoms with Crippen LogP contribution in [0, 0.1) is 23.7 Å². The first-order valence-corrected chi connectivity index (χ1v) is 7.10. The quantitative estimate of drug-likeness (QED) is 0.512. The van der Waals surface area contributed by atoms with Crippen molar-refractivity contribution in [3.8, 4) is 0 Å². The highest BCUT2D eigenvalue weighted by Crippen LogP contribution is 2.52. The van der Waals surface area contributed by atoms with E-state index in [0.717, 1.165) is 6.42 Å². The molecule has 0 radical (unpaired) electrons. The maximum Gasteiger partial charge on any atom is 0.309 e. The Morgan fingerprint density at radius 2 is 2.16 bits per heavy atom. The van der Waals surface area contributed by atoms with Crippen molar-refractivity contribution in [2.45, 2.75) is 51.4 Å². The first-order valence-electron chi connectivity index (χ1n) is 7.10. The Bertz CT molecular complexity index is 439. The minimum absolute atomic E-state index is 0.0373. The molecule has 3 rings (SSSR count). The van der Waals surface area contributed by atoms with Crippen molar-refractivity contribution in [3.05, 3.63) is 11.6 Å². The largest absolute Gasteiger partial charge is 0.461 e. The van der Waals surface area contributed by atoms with Crippen LogP contribution < -0.4 is 0 Å². The second kappa shape index (κ2) is 4.06. The predicted octanol–water partition coefficient (Wildman–Crippen LogP) is 1.26. The van der Waals surface area contributed by atoms with Gasteiger partial charge in [0, 0.05) is 24.2 Å². The van der Waals surface area contributed by atoms with E-state index in [1.54, 1.807) is 6.92 Å². The lowest BCUT2D eigenvalue weighted by Gasteiger charge is -2.34. The van der Waals surface area contributed by atoms with Crippen LogP contribution in [0.2, 0.25) is 0 Å². The molecule has 2 N–H and O–H groups in total. The Labute approximate surface area is 113 Å². The van der Waals surface area contributed by atoms with Gasteiger partial charge in [-0.05, 0) is 20.3 Å². The second-order valence-electron chi connectivity index (χ2n) is 6.71. The predicted molar refractivity (Wildman–Crippen MR) is 69.1 cm³/mol. The summed E-state index contributed by atoms with van der Waals surface area (Å²) < 4.78 is 5.55. The summed E-state index contributed by atoms with van der Waals surface area (Å²) in [5, 5.41) is 21.1. The fraction of sp³-hybridized carbons (Fsp3) is 0.800. The number of esters is 1. The molecule has 1 heterocycles. The topological polar surface area (TPSA) is 66.8 Å². The molecule has 0 aromatic carbocycles. The van der Waals surface area contributed by atoms with Crippen molar-refractivity contribution in [3.63, 3.8) is 0 Å². The molecule has 0 aromatic rings. The summed E-state index contributed by atoms with van der Waals surface area (Å²) in [6, 6.07) is 0. The minimum atomic E-state index is -0.908. The third-order valence-corrected chi connectivity index (χ3v) is 5.45. The molecule has 1 saturated carbocycles. The van der Waals surface area contributed by atoms with E-state index in [1.165, 1.54) is 5.57 Å². The van der Waals surface area contributed by atoms with Crippen LogP contribution in [0.15, 0.2) is 11.6 Å². The summed E-state index contributed by atoms with van der Waals surface area (Å²) in [5.74, 6) is -0.617. The van der Waals surface area contributed by atoms with Crippen molar-refractivity contribution in [2.75, 3.05) is 0 Å². The van der Waals surface area contributed by atoms with Gasteiger partial charge in [-0.25, -0.2) is 0 Å². The Kier molecular flexibility index (Phi) is 2.81. The van der Waals surface area contributed by atoms with Gasteiger partial charge in [-0.3, -0.25) is 4.79 Å². The van der Waals surface area contributed by atoms with E-state index in [2.05, 4.69) is 6.08 Å². The van der Waals surface area contributed by atoms with E-state index in [-0.39, 0.29) is 35.7 Å². The van der Waals surface area contributed by atoms with Crippen LogP contribution in [-0.4, -0.2) is 34.0 Å². The van der Waals surface area contributed by atoms with Gasteiger partial charge in [0.15, 0.2) is 0 Å². The molecule has 2 aliphatic carbocycles. The Hall–Kier alpha value is -0.870. The van der Waals surface area contributed by atoms with Crippen molar-refractivity contribution >= 4 is 5.97 Å². The van der Waals surface area contributed by atoms with E-state index in [4.69, 9.17) is 4.74 Å². The van der Waals surface area contributed by atoms with E-state index in [1.807, 2.05) is 13.8 Å². The van der Waals surface area contributed by atoms with Gasteiger partial charge in [0.25, 0.3) is 0 Å². The molecule has 0 unspecified atom stereocenters. The molecule has 4 nitrogen and oxygen atoms in total. The summed E-state index contributed by atoms with van der Waals surface area (Å²) in [4.78, 5) is 11.8. The average Bonchev–Trinajstić information content (AvgIpc) is 2.78. The lowest BCUT2D eigenvalue weighted by molar-refractivity contribution is -0.146. The van der Waals surface area contributed by atoms with Gasteiger partial charge in [0.05, 0.1) is 17.6 Å². The Morgan fingerprint density at radius 1 is 1.47 bits per heavy atom. The lowest BCUT2D eigenvalue weighted by Crippen LogP contribution is -2.40. The maximum absolute atomic E-state index is 11.8. The highest BCUT2D eigenvalue weighted by Gasteiger charge is 2.58. The molecule has 106 valence electrons. The zero-order chi connectivity index (χ0) is 13.9. The third-order valence-electron chi connectivity index (χ3n) is 5.45. The van der Waals surface area contributed by atoms with E-state index >= 15 is 0 Å². The minimum Gasteiger partial charge on any atom is -0.461 e. The number of hydrogen-bond donors (Lipinski definition) is 2. The van der Waals surface area contributed by atoms with Crippen LogP contribution in [0.5, 0.6) is 0 Å². The van der Waals surface area contributed by atoms with Crippen LogP contribution in [0.3, 0.4) is 0 Å². The number of carbonyl (C=O) groups excluding carboxylic acids is 1. The van der Waals surface area contributed by atoms with E-state index in [9.17, 15) is 15.0 Å². The zero-order valence-corrected chi connectivity index (χ0v) is 11.7. The highest BCUT2D eigenvalue weighted by atomic mass is 16.6. The number of ether oxygens (including phenoxy) is 1. The zero-order valence-electron chi connectivity index (χ0n) is 11.7. The normalized spacial score (nSPS) is 53.1. The van der Waals surface area contributed by atoms with Gasteiger partial charge < -0.3 is 14.9 Å². The van der Waals surface area contributed by atoms with Crippen molar-refractivity contribution in [2.24, 2.45) is 23.7 Å². The monoisotopic (exact) mass is 266 g/mol. The number of hydrogen-bond acceptors (Lipinski definition) is 4. The average molecular weight is 266 g/mol. The first kappa shape index (κ1) is 13.1. The summed E-state index contributed by atoms with van der Waals surface area (Å²) in [6.45, 7) is 5.65. The summed E-state index contributed by atoms with van der Waals surface area (Å²) >= 11 is 0. The van der Waals surface area contributed by atoms with Crippen LogP contribution in [0.4, 0.5) is 0 Å². The van der Waals surface area contributed by atoms with Crippen molar-refractivity contribution in [1.29, 1.82) is 0 Å². The lowest BCUT2D eigenvalue weighted by atomic mass is 9.76. The molecule has 0 amide bonds. The van der Waals surface area contributed by atoms with Gasteiger partial charge in [0.2, 0.25) is 0 Å². The second-order valence-corrected chi connectivity index (χ2v) is 6.71. The Morgan fingerprint density at radius 3 is 2.84 bits per heavy atom. The first-order chi connectivity index (χ1) is 8.83. The molecular formula is C15H22O4. The summed E-state index contributed by atoms with van der Waals surface area (Å²) in [6.07, 6.45) is 2.29. The van der Waals surface area contributed by atoms with E-state index < -0.39 is 11.7 Å². The van der Waals surface area contributed by atoms with Crippen LogP contribution >= 0.6 is 0 Å². The number of rotatable bonds is 0. The smallest absolute Gasteiger partial charge is 0.309 e. The number of allylic oxidation sites excluding steroid dienone is 1. The van der Waals surface area contributed by atoms with Gasteiger partial charge in [-0.2, -0.15) is 0 Å².